The third-order valence-electron chi connectivity index (χ3n) is 2.40. The molecule has 0 aliphatic rings. The van der Waals surface area contributed by atoms with E-state index in [9.17, 15) is 8.78 Å². The Hall–Kier alpha value is -0.200. The van der Waals surface area contributed by atoms with Crippen molar-refractivity contribution in [2.24, 2.45) is 0 Å². The SMILES string of the molecule is Cc1c(SC(F)(Cl)Cl)ncn1-c1c(Cl)cc(F)cc1Cl. The van der Waals surface area contributed by atoms with Gasteiger partial charge in [0.25, 0.3) is 0 Å². The normalized spacial score (nSPS) is 11.9. The molecular weight excluding hydrogens is 372 g/mol. The Kier molecular flexibility index (Phi) is 4.76. The van der Waals surface area contributed by atoms with Crippen LogP contribution in [0.4, 0.5) is 8.78 Å². The zero-order chi connectivity index (χ0) is 15.1. The molecule has 0 unspecified atom stereocenters. The van der Waals surface area contributed by atoms with E-state index in [1.54, 1.807) is 6.92 Å². The number of hydrogen-bond acceptors (Lipinski definition) is 2. The van der Waals surface area contributed by atoms with E-state index >= 15 is 0 Å². The number of aromatic nitrogens is 2. The standard InChI is InChI=1S/C11H6Cl4F2N2S/c1-5-10(20-11(14,15)17)18-4-19(5)9-7(12)2-6(16)3-8(9)13/h2-4H,1H3. The first kappa shape index (κ1) is 16.2. The first-order chi connectivity index (χ1) is 9.19. The zero-order valence-corrected chi connectivity index (χ0v) is 13.6. The van der Waals surface area contributed by atoms with Gasteiger partial charge in [0.2, 0.25) is 0 Å². The second-order valence-electron chi connectivity index (χ2n) is 3.77. The molecular formula is C11H6Cl4F2N2S. The highest BCUT2D eigenvalue weighted by molar-refractivity contribution is 8.03. The molecule has 0 saturated heterocycles. The van der Waals surface area contributed by atoms with E-state index in [2.05, 4.69) is 4.98 Å². The molecule has 0 atom stereocenters. The Morgan fingerprint density at radius 1 is 1.25 bits per heavy atom. The van der Waals surface area contributed by atoms with Crippen molar-refractivity contribution in [1.82, 2.24) is 9.55 Å². The molecule has 0 N–H and O–H groups in total. The Morgan fingerprint density at radius 3 is 2.30 bits per heavy atom. The van der Waals surface area contributed by atoms with Gasteiger partial charge in [-0.15, -0.1) is 0 Å². The summed E-state index contributed by atoms with van der Waals surface area (Å²) >= 11 is 23.1. The third kappa shape index (κ3) is 3.52. The van der Waals surface area contributed by atoms with Gasteiger partial charge >= 0.3 is 3.92 Å². The largest absolute Gasteiger partial charge is 0.310 e. The van der Waals surface area contributed by atoms with Crippen LogP contribution in [0.2, 0.25) is 10.0 Å². The first-order valence-electron chi connectivity index (χ1n) is 5.13. The van der Waals surface area contributed by atoms with Crippen molar-refractivity contribution in [3.8, 4) is 5.69 Å². The Balaban J connectivity index is 2.50. The van der Waals surface area contributed by atoms with Gasteiger partial charge in [-0.05, 0) is 30.8 Å². The molecule has 0 radical (unpaired) electrons. The van der Waals surface area contributed by atoms with Crippen LogP contribution in [0.3, 0.4) is 0 Å². The van der Waals surface area contributed by atoms with Crippen LogP contribution in [0.15, 0.2) is 23.5 Å². The fraction of sp³-hybridized carbons (Fsp3) is 0.182. The average Bonchev–Trinajstić information content (AvgIpc) is 2.58. The van der Waals surface area contributed by atoms with Gasteiger partial charge in [0.05, 0.1) is 21.4 Å². The summed E-state index contributed by atoms with van der Waals surface area (Å²) in [5, 5.41) is 0.486. The summed E-state index contributed by atoms with van der Waals surface area (Å²) in [6.07, 6.45) is 1.38. The molecule has 0 aliphatic heterocycles. The van der Waals surface area contributed by atoms with Gasteiger partial charge in [0.1, 0.15) is 17.2 Å². The molecule has 0 amide bonds. The van der Waals surface area contributed by atoms with Gasteiger partial charge in [-0.25, -0.2) is 9.37 Å². The maximum atomic E-state index is 13.2. The average molecular weight is 378 g/mol. The van der Waals surface area contributed by atoms with E-state index in [1.165, 1.54) is 10.9 Å². The summed E-state index contributed by atoms with van der Waals surface area (Å²) in [5.74, 6) is -0.555. The molecule has 1 aromatic heterocycles. The number of thioether (sulfide) groups is 1. The molecule has 2 nitrogen and oxygen atoms in total. The second kappa shape index (κ2) is 5.89. The highest BCUT2D eigenvalue weighted by atomic mass is 35.5. The number of hydrogen-bond donors (Lipinski definition) is 0. The number of rotatable bonds is 3. The van der Waals surface area contributed by atoms with E-state index in [1.807, 2.05) is 0 Å². The summed E-state index contributed by atoms with van der Waals surface area (Å²) in [7, 11) is 0. The minimum Gasteiger partial charge on any atom is -0.299 e. The predicted octanol–water partition coefficient (Wildman–Crippen LogP) is 5.78. The summed E-state index contributed by atoms with van der Waals surface area (Å²) in [6.45, 7) is 1.66. The highest BCUT2D eigenvalue weighted by Gasteiger charge is 2.27. The third-order valence-corrected chi connectivity index (χ3v) is 4.26. The summed E-state index contributed by atoms with van der Waals surface area (Å²) < 4.78 is 25.4. The van der Waals surface area contributed by atoms with E-state index in [4.69, 9.17) is 46.4 Å². The molecule has 108 valence electrons. The molecule has 9 heteroatoms. The van der Waals surface area contributed by atoms with Crippen LogP contribution in [-0.4, -0.2) is 13.5 Å². The van der Waals surface area contributed by atoms with E-state index in [0.717, 1.165) is 12.1 Å². The van der Waals surface area contributed by atoms with Crippen molar-refractivity contribution < 1.29 is 8.78 Å². The lowest BCUT2D eigenvalue weighted by Crippen LogP contribution is -2.00. The molecule has 2 aromatic rings. The van der Waals surface area contributed by atoms with Crippen LogP contribution in [0, 0.1) is 12.7 Å². The Labute approximate surface area is 138 Å². The van der Waals surface area contributed by atoms with Crippen molar-refractivity contribution in [2.75, 3.05) is 0 Å². The van der Waals surface area contributed by atoms with Gasteiger partial charge in [0, 0.05) is 0 Å². The predicted molar refractivity (Wildman–Crippen MR) is 79.7 cm³/mol. The Morgan fingerprint density at radius 2 is 1.80 bits per heavy atom. The number of benzene rings is 1. The van der Waals surface area contributed by atoms with Gasteiger partial charge in [0.15, 0.2) is 0 Å². The molecule has 20 heavy (non-hydrogen) atoms. The monoisotopic (exact) mass is 376 g/mol. The number of imidazole rings is 1. The zero-order valence-electron chi connectivity index (χ0n) is 9.80. The van der Waals surface area contributed by atoms with Crippen LogP contribution >= 0.6 is 58.2 Å². The lowest BCUT2D eigenvalue weighted by molar-refractivity contribution is 0.515. The molecule has 0 fully saturated rings. The lowest BCUT2D eigenvalue weighted by atomic mass is 10.3. The summed E-state index contributed by atoms with van der Waals surface area (Å²) in [5.41, 5.74) is 0.869. The van der Waals surface area contributed by atoms with Crippen LogP contribution in [0.1, 0.15) is 5.69 Å². The maximum absolute atomic E-state index is 13.2. The molecule has 0 aliphatic carbocycles. The molecule has 0 spiro atoms. The first-order valence-corrected chi connectivity index (χ1v) is 7.46. The second-order valence-corrected chi connectivity index (χ2v) is 7.42. The lowest BCUT2D eigenvalue weighted by Gasteiger charge is -2.11. The van der Waals surface area contributed by atoms with Crippen LogP contribution in [-0.2, 0) is 0 Å². The quantitative estimate of drug-likeness (QED) is 0.498. The molecule has 0 saturated carbocycles. The molecule has 0 bridgehead atoms. The molecule has 1 aromatic carbocycles. The topological polar surface area (TPSA) is 17.8 Å². The van der Waals surface area contributed by atoms with Gasteiger partial charge < -0.3 is 0 Å². The van der Waals surface area contributed by atoms with Crippen LogP contribution < -0.4 is 0 Å². The number of nitrogens with zero attached hydrogens (tertiary/aromatic N) is 2. The van der Waals surface area contributed by atoms with Crippen molar-refractivity contribution in [3.63, 3.8) is 0 Å². The summed E-state index contributed by atoms with van der Waals surface area (Å²) in [6, 6.07) is 2.25. The van der Waals surface area contributed by atoms with Gasteiger partial charge in [-0.1, -0.05) is 46.4 Å². The minimum absolute atomic E-state index is 0.107. The maximum Gasteiger partial charge on any atom is 0.310 e. The van der Waals surface area contributed by atoms with E-state index in [-0.39, 0.29) is 15.1 Å². The Bertz CT molecular complexity index is 631. The van der Waals surface area contributed by atoms with Gasteiger partial charge in [-0.3, -0.25) is 4.57 Å². The van der Waals surface area contributed by atoms with E-state index < -0.39 is 9.74 Å². The van der Waals surface area contributed by atoms with Gasteiger partial charge in [-0.2, -0.15) is 4.39 Å². The fourth-order valence-corrected chi connectivity index (χ4v) is 3.24. The highest BCUT2D eigenvalue weighted by Crippen LogP contribution is 2.42. The molecule has 1 heterocycles. The van der Waals surface area contributed by atoms with E-state index in [0.29, 0.717) is 23.1 Å². The van der Waals surface area contributed by atoms with Crippen molar-refractivity contribution >= 4 is 58.2 Å². The van der Waals surface area contributed by atoms with Crippen molar-refractivity contribution in [3.05, 3.63) is 40.0 Å². The smallest absolute Gasteiger partial charge is 0.299 e. The van der Waals surface area contributed by atoms with Crippen LogP contribution in [0.5, 0.6) is 0 Å². The minimum atomic E-state index is -2.50. The summed E-state index contributed by atoms with van der Waals surface area (Å²) in [4.78, 5) is 3.99. The fourth-order valence-electron chi connectivity index (χ4n) is 1.59. The van der Waals surface area contributed by atoms with Crippen molar-refractivity contribution in [1.29, 1.82) is 0 Å². The number of halogens is 6. The van der Waals surface area contributed by atoms with Crippen LogP contribution in [0.25, 0.3) is 5.69 Å². The molecule has 2 rings (SSSR count). The van der Waals surface area contributed by atoms with Crippen molar-refractivity contribution in [2.45, 2.75) is 15.9 Å². The number of alkyl halides is 3.